The van der Waals surface area contributed by atoms with E-state index < -0.39 is 0 Å². The molecule has 29 heavy (non-hydrogen) atoms. The number of carbonyl (C=O) groups is 1. The minimum Gasteiger partial charge on any atom is -0.355 e. The smallest absolute Gasteiger partial charge is 0.251 e. The van der Waals surface area contributed by atoms with Gasteiger partial charge < -0.3 is 10.6 Å². The minimum atomic E-state index is -0.0244. The summed E-state index contributed by atoms with van der Waals surface area (Å²) in [7, 11) is 1.67. The van der Waals surface area contributed by atoms with Gasteiger partial charge in [0.15, 0.2) is 0 Å². The fraction of sp³-hybridized carbons (Fsp3) is 0.346. The maximum atomic E-state index is 11.8. The van der Waals surface area contributed by atoms with Crippen molar-refractivity contribution in [2.45, 2.75) is 50.6 Å². The Morgan fingerprint density at radius 3 is 2.52 bits per heavy atom. The fourth-order valence-electron chi connectivity index (χ4n) is 4.77. The molecule has 1 aliphatic carbocycles. The highest BCUT2D eigenvalue weighted by atomic mass is 16.1. The van der Waals surface area contributed by atoms with Crippen LogP contribution in [0.2, 0.25) is 0 Å². The zero-order chi connectivity index (χ0) is 20.2. The third-order valence-electron chi connectivity index (χ3n) is 6.32. The lowest BCUT2D eigenvalue weighted by molar-refractivity contribution is 0.0963. The summed E-state index contributed by atoms with van der Waals surface area (Å²) in [5.74, 6) is 0.531. The molecule has 150 valence electrons. The number of amides is 1. The number of fused-ring (bicyclic) bond motifs is 1. The molecule has 0 spiro atoms. The first-order valence-corrected chi connectivity index (χ1v) is 10.7. The number of nitrogens with one attached hydrogen (secondary N) is 2. The first kappa shape index (κ1) is 19.7. The Hall–Kier alpha value is -2.65. The maximum absolute atomic E-state index is 11.8. The molecular formula is C26H30N2O. The number of rotatable bonds is 5. The molecule has 3 aromatic rings. The van der Waals surface area contributed by atoms with Crippen LogP contribution in [0.4, 0.5) is 0 Å². The highest BCUT2D eigenvalue weighted by Crippen LogP contribution is 2.34. The molecule has 1 fully saturated rings. The van der Waals surface area contributed by atoms with Crippen LogP contribution in [0.25, 0.3) is 10.8 Å². The summed E-state index contributed by atoms with van der Waals surface area (Å²) in [4.78, 5) is 11.8. The van der Waals surface area contributed by atoms with Gasteiger partial charge >= 0.3 is 0 Å². The van der Waals surface area contributed by atoms with E-state index in [1.807, 2.05) is 12.1 Å². The van der Waals surface area contributed by atoms with E-state index in [0.29, 0.717) is 18.0 Å². The van der Waals surface area contributed by atoms with Gasteiger partial charge in [-0.1, -0.05) is 61.0 Å². The van der Waals surface area contributed by atoms with Crippen LogP contribution in [0.15, 0.2) is 66.7 Å². The molecular weight excluding hydrogens is 356 g/mol. The molecule has 0 saturated heterocycles. The van der Waals surface area contributed by atoms with Gasteiger partial charge in [0.1, 0.15) is 0 Å². The van der Waals surface area contributed by atoms with Crippen LogP contribution >= 0.6 is 0 Å². The molecule has 0 heterocycles. The molecule has 0 radical (unpaired) electrons. The standard InChI is InChI=1S/C26H30N2O/c1-18(24-12-6-8-20-7-3-4-11-25(20)24)28-23-10-5-9-22(17-23)19-13-15-21(16-14-19)26(29)27-2/h3-4,6-8,11-16,18,22-23,28H,5,9-10,17H2,1-2H3,(H,27,29)/t18-,22+,23+/m1/s1. The van der Waals surface area contributed by atoms with Gasteiger partial charge in [-0.25, -0.2) is 0 Å². The van der Waals surface area contributed by atoms with E-state index in [0.717, 1.165) is 12.0 Å². The summed E-state index contributed by atoms with van der Waals surface area (Å²) in [6.45, 7) is 2.28. The third kappa shape index (κ3) is 4.35. The molecule has 3 nitrogen and oxygen atoms in total. The zero-order valence-electron chi connectivity index (χ0n) is 17.3. The Morgan fingerprint density at radius 1 is 0.966 bits per heavy atom. The highest BCUT2D eigenvalue weighted by Gasteiger charge is 2.25. The van der Waals surface area contributed by atoms with E-state index in [1.54, 1.807) is 7.05 Å². The van der Waals surface area contributed by atoms with Crippen molar-refractivity contribution in [3.63, 3.8) is 0 Å². The van der Waals surface area contributed by atoms with Crippen molar-refractivity contribution in [2.24, 2.45) is 0 Å². The van der Waals surface area contributed by atoms with Crippen LogP contribution in [-0.4, -0.2) is 19.0 Å². The molecule has 0 bridgehead atoms. The Bertz CT molecular complexity index is 974. The van der Waals surface area contributed by atoms with E-state index in [2.05, 4.69) is 72.2 Å². The lowest BCUT2D eigenvalue weighted by Gasteiger charge is -2.32. The average molecular weight is 387 g/mol. The summed E-state index contributed by atoms with van der Waals surface area (Å²) < 4.78 is 0. The van der Waals surface area contributed by atoms with E-state index >= 15 is 0 Å². The zero-order valence-corrected chi connectivity index (χ0v) is 17.3. The van der Waals surface area contributed by atoms with Gasteiger partial charge in [-0.2, -0.15) is 0 Å². The van der Waals surface area contributed by atoms with Crippen molar-refractivity contribution in [2.75, 3.05) is 7.05 Å². The summed E-state index contributed by atoms with van der Waals surface area (Å²) in [6.07, 6.45) is 4.83. The molecule has 3 atom stereocenters. The molecule has 3 aromatic carbocycles. The van der Waals surface area contributed by atoms with Gasteiger partial charge in [0, 0.05) is 24.7 Å². The van der Waals surface area contributed by atoms with Crippen molar-refractivity contribution in [1.29, 1.82) is 0 Å². The van der Waals surface area contributed by atoms with Gasteiger partial charge in [-0.05, 0) is 66.1 Å². The van der Waals surface area contributed by atoms with Crippen molar-refractivity contribution >= 4 is 16.7 Å². The molecule has 2 N–H and O–H groups in total. The normalized spacial score (nSPS) is 20.3. The topological polar surface area (TPSA) is 41.1 Å². The quantitative estimate of drug-likeness (QED) is 0.601. The molecule has 0 aromatic heterocycles. The second-order valence-electron chi connectivity index (χ2n) is 8.22. The number of hydrogen-bond acceptors (Lipinski definition) is 2. The summed E-state index contributed by atoms with van der Waals surface area (Å²) >= 11 is 0. The Morgan fingerprint density at radius 2 is 1.72 bits per heavy atom. The molecule has 0 aliphatic heterocycles. The highest BCUT2D eigenvalue weighted by molar-refractivity contribution is 5.94. The first-order valence-electron chi connectivity index (χ1n) is 10.7. The minimum absolute atomic E-state index is 0.0244. The van der Waals surface area contributed by atoms with Crippen molar-refractivity contribution in [1.82, 2.24) is 10.6 Å². The molecule has 0 unspecified atom stereocenters. The van der Waals surface area contributed by atoms with Crippen LogP contribution in [-0.2, 0) is 0 Å². The Labute approximate surface area is 173 Å². The third-order valence-corrected chi connectivity index (χ3v) is 6.32. The summed E-state index contributed by atoms with van der Waals surface area (Å²) in [6, 6.07) is 24.2. The van der Waals surface area contributed by atoms with Crippen LogP contribution in [0, 0.1) is 0 Å². The van der Waals surface area contributed by atoms with Gasteiger partial charge in [0.25, 0.3) is 5.91 Å². The summed E-state index contributed by atoms with van der Waals surface area (Å²) in [5, 5.41) is 9.23. The number of carbonyl (C=O) groups excluding carboxylic acids is 1. The van der Waals surface area contributed by atoms with Gasteiger partial charge in [0.2, 0.25) is 0 Å². The second-order valence-corrected chi connectivity index (χ2v) is 8.22. The summed E-state index contributed by atoms with van der Waals surface area (Å²) in [5.41, 5.74) is 3.45. The van der Waals surface area contributed by atoms with Crippen LogP contribution < -0.4 is 10.6 Å². The second kappa shape index (κ2) is 8.79. The van der Waals surface area contributed by atoms with E-state index in [9.17, 15) is 4.79 Å². The van der Waals surface area contributed by atoms with Crippen LogP contribution in [0.1, 0.15) is 66.1 Å². The Balaban J connectivity index is 1.45. The molecule has 1 amide bonds. The van der Waals surface area contributed by atoms with Crippen LogP contribution in [0.3, 0.4) is 0 Å². The predicted molar refractivity (Wildman–Crippen MR) is 120 cm³/mol. The maximum Gasteiger partial charge on any atom is 0.251 e. The van der Waals surface area contributed by atoms with Crippen molar-refractivity contribution in [3.8, 4) is 0 Å². The number of hydrogen-bond donors (Lipinski definition) is 2. The molecule has 1 saturated carbocycles. The first-order chi connectivity index (χ1) is 14.2. The van der Waals surface area contributed by atoms with Gasteiger partial charge in [-0.3, -0.25) is 4.79 Å². The van der Waals surface area contributed by atoms with E-state index in [1.165, 1.54) is 41.2 Å². The van der Waals surface area contributed by atoms with Crippen molar-refractivity contribution < 1.29 is 4.79 Å². The average Bonchev–Trinajstić information content (AvgIpc) is 2.78. The van der Waals surface area contributed by atoms with E-state index in [-0.39, 0.29) is 5.91 Å². The van der Waals surface area contributed by atoms with Crippen LogP contribution in [0.5, 0.6) is 0 Å². The monoisotopic (exact) mass is 386 g/mol. The van der Waals surface area contributed by atoms with Gasteiger partial charge in [0.05, 0.1) is 0 Å². The lowest BCUT2D eigenvalue weighted by atomic mass is 9.80. The SMILES string of the molecule is CNC(=O)c1ccc([C@H]2CCC[C@H](N[C@H](C)c3cccc4ccccc34)C2)cc1. The number of benzene rings is 3. The Kier molecular flexibility index (Phi) is 5.96. The molecule has 3 heteroatoms. The molecule has 1 aliphatic rings. The lowest BCUT2D eigenvalue weighted by Crippen LogP contribution is -2.35. The van der Waals surface area contributed by atoms with E-state index in [4.69, 9.17) is 0 Å². The largest absolute Gasteiger partial charge is 0.355 e. The van der Waals surface area contributed by atoms with Crippen molar-refractivity contribution in [3.05, 3.63) is 83.4 Å². The van der Waals surface area contributed by atoms with Gasteiger partial charge in [-0.15, -0.1) is 0 Å². The fourth-order valence-corrected chi connectivity index (χ4v) is 4.77. The predicted octanol–water partition coefficient (Wildman–Crippen LogP) is 5.58. The molecule has 4 rings (SSSR count).